The van der Waals surface area contributed by atoms with Crippen molar-refractivity contribution in [2.75, 3.05) is 4.90 Å². The number of aryl methyl sites for hydroxylation is 4. The van der Waals surface area contributed by atoms with E-state index in [0.29, 0.717) is 11.1 Å². The standard InChI is InChI=1S/C43H31NO2S/c1-24-17-18-38-36(21-24)43(34-15-9-7-11-29(34)30-12-8-10-16-35(30)43)37-23-28(22-33-40(45)31-13-5-6-14-32(31)41(33)46)47-42(37)44(38)39-26(3)19-25(2)20-27(39)4/h5-23H,1-4H3. The molecule has 3 nitrogen and oxygen atoms in total. The van der Waals surface area contributed by atoms with Crippen molar-refractivity contribution in [1.29, 1.82) is 0 Å². The van der Waals surface area contributed by atoms with E-state index in [4.69, 9.17) is 0 Å². The van der Waals surface area contributed by atoms with Gasteiger partial charge in [0, 0.05) is 21.6 Å². The van der Waals surface area contributed by atoms with Gasteiger partial charge in [0.05, 0.1) is 22.4 Å². The number of ketones is 2. The largest absolute Gasteiger partial charge is 0.301 e. The number of nitrogens with zero attached hydrogens (tertiary/aromatic N) is 1. The second kappa shape index (κ2) is 9.84. The number of benzene rings is 5. The van der Waals surface area contributed by atoms with Crippen molar-refractivity contribution in [3.63, 3.8) is 0 Å². The van der Waals surface area contributed by atoms with Gasteiger partial charge in [0.1, 0.15) is 5.00 Å². The van der Waals surface area contributed by atoms with E-state index in [2.05, 4.69) is 118 Å². The Hall–Kier alpha value is -5.32. The number of anilines is 3. The van der Waals surface area contributed by atoms with Gasteiger partial charge in [0.15, 0.2) is 11.6 Å². The number of fused-ring (bicyclic) bond motifs is 10. The first-order valence-electron chi connectivity index (χ1n) is 16.0. The number of carbonyl (C=O) groups is 2. The minimum Gasteiger partial charge on any atom is -0.301 e. The molecule has 2 aliphatic carbocycles. The van der Waals surface area contributed by atoms with Crippen LogP contribution in [0.25, 0.3) is 17.2 Å². The van der Waals surface area contributed by atoms with Crippen molar-refractivity contribution in [2.45, 2.75) is 33.1 Å². The van der Waals surface area contributed by atoms with E-state index in [1.54, 1.807) is 23.5 Å². The highest BCUT2D eigenvalue weighted by molar-refractivity contribution is 7.17. The molecule has 0 N–H and O–H groups in total. The first kappa shape index (κ1) is 27.9. The molecule has 0 amide bonds. The van der Waals surface area contributed by atoms with Crippen molar-refractivity contribution in [3.8, 4) is 11.1 Å². The van der Waals surface area contributed by atoms with Gasteiger partial charge >= 0.3 is 0 Å². The van der Waals surface area contributed by atoms with Crippen LogP contribution in [0.15, 0.2) is 115 Å². The lowest BCUT2D eigenvalue weighted by Crippen LogP contribution is -2.35. The number of hydrogen-bond donors (Lipinski definition) is 0. The van der Waals surface area contributed by atoms with Crippen LogP contribution in [0.4, 0.5) is 16.4 Å². The van der Waals surface area contributed by atoms with Crippen LogP contribution in [0, 0.1) is 27.7 Å². The van der Waals surface area contributed by atoms with Gasteiger partial charge in [-0.25, -0.2) is 0 Å². The van der Waals surface area contributed by atoms with E-state index >= 15 is 0 Å². The lowest BCUT2D eigenvalue weighted by molar-refractivity contribution is 0.0990. The lowest BCUT2D eigenvalue weighted by atomic mass is 9.65. The third-order valence-corrected chi connectivity index (χ3v) is 11.2. The molecular formula is C43H31NO2S. The molecule has 1 aromatic heterocycles. The highest BCUT2D eigenvalue weighted by atomic mass is 32.1. The highest BCUT2D eigenvalue weighted by Crippen LogP contribution is 2.65. The summed E-state index contributed by atoms with van der Waals surface area (Å²) in [5, 5.41) is 1.10. The number of hydrogen-bond acceptors (Lipinski definition) is 4. The van der Waals surface area contributed by atoms with Crippen molar-refractivity contribution in [3.05, 3.63) is 175 Å². The molecule has 0 atom stereocenters. The molecule has 6 aromatic rings. The van der Waals surface area contributed by atoms with Gasteiger partial charge in [0.2, 0.25) is 0 Å². The predicted molar refractivity (Wildman–Crippen MR) is 192 cm³/mol. The van der Waals surface area contributed by atoms with Gasteiger partial charge < -0.3 is 4.90 Å². The smallest absolute Gasteiger partial charge is 0.197 e. The Balaban J connectivity index is 1.40. The minimum absolute atomic E-state index is 0.204. The average molecular weight is 626 g/mol. The SMILES string of the molecule is Cc1cc(C)c(N2c3ccc(C)cc3C3(c4ccccc4-c4ccccc43)c3cc(C=C4C(=O)c5ccccc5C4=O)sc32)c(C)c1. The van der Waals surface area contributed by atoms with Gasteiger partial charge in [-0.3, -0.25) is 9.59 Å². The summed E-state index contributed by atoms with van der Waals surface area (Å²) in [5.41, 5.74) is 15.1. The molecule has 4 heteroatoms. The van der Waals surface area contributed by atoms with Crippen LogP contribution in [-0.2, 0) is 5.41 Å². The van der Waals surface area contributed by atoms with E-state index in [1.165, 1.54) is 55.6 Å². The molecule has 9 rings (SSSR count). The minimum atomic E-state index is -0.577. The molecule has 2 heterocycles. The maximum Gasteiger partial charge on any atom is 0.197 e. The molecule has 5 aromatic carbocycles. The Morgan fingerprint density at radius 2 is 1.13 bits per heavy atom. The van der Waals surface area contributed by atoms with E-state index in [9.17, 15) is 9.59 Å². The van der Waals surface area contributed by atoms with Gasteiger partial charge in [-0.05, 0) is 84.8 Å². The molecule has 0 saturated carbocycles. The third-order valence-electron chi connectivity index (χ3n) is 10.1. The van der Waals surface area contributed by atoms with Crippen molar-refractivity contribution >= 4 is 45.4 Å². The summed E-state index contributed by atoms with van der Waals surface area (Å²) in [6, 6.07) is 38.3. The molecule has 3 aliphatic rings. The first-order valence-corrected chi connectivity index (χ1v) is 16.8. The molecule has 0 fully saturated rings. The molecule has 0 saturated heterocycles. The fourth-order valence-corrected chi connectivity index (χ4v) is 9.59. The molecule has 1 spiro atoms. The van der Waals surface area contributed by atoms with Crippen LogP contribution in [0.2, 0.25) is 0 Å². The lowest BCUT2D eigenvalue weighted by Gasteiger charge is -2.44. The molecular weight excluding hydrogens is 595 g/mol. The number of carbonyl (C=O) groups excluding carboxylic acids is 2. The second-order valence-corrected chi connectivity index (χ2v) is 14.1. The highest BCUT2D eigenvalue weighted by Gasteiger charge is 2.53. The van der Waals surface area contributed by atoms with Crippen LogP contribution < -0.4 is 4.90 Å². The molecule has 0 radical (unpaired) electrons. The Morgan fingerprint density at radius 3 is 1.72 bits per heavy atom. The molecule has 0 bridgehead atoms. The summed E-state index contributed by atoms with van der Waals surface area (Å²) >= 11 is 1.65. The monoisotopic (exact) mass is 625 g/mol. The van der Waals surface area contributed by atoms with Crippen LogP contribution >= 0.6 is 11.3 Å². The molecule has 0 unspecified atom stereocenters. The van der Waals surface area contributed by atoms with Gasteiger partial charge in [-0.15, -0.1) is 11.3 Å². The number of rotatable bonds is 2. The fourth-order valence-electron chi connectivity index (χ4n) is 8.41. The topological polar surface area (TPSA) is 37.4 Å². The van der Waals surface area contributed by atoms with Crippen LogP contribution in [0.3, 0.4) is 0 Å². The normalized spacial score (nSPS) is 15.0. The van der Waals surface area contributed by atoms with Crippen LogP contribution in [0.5, 0.6) is 0 Å². The maximum absolute atomic E-state index is 13.6. The number of thiophene rings is 1. The number of allylic oxidation sites excluding steroid dienone is 1. The second-order valence-electron chi connectivity index (χ2n) is 13.1. The summed E-state index contributed by atoms with van der Waals surface area (Å²) in [7, 11) is 0. The Kier molecular flexibility index (Phi) is 5.85. The van der Waals surface area contributed by atoms with Crippen molar-refractivity contribution in [1.82, 2.24) is 0 Å². The van der Waals surface area contributed by atoms with Crippen LogP contribution in [-0.4, -0.2) is 11.6 Å². The summed E-state index contributed by atoms with van der Waals surface area (Å²) in [4.78, 5) is 30.4. The van der Waals surface area contributed by atoms with E-state index < -0.39 is 5.41 Å². The summed E-state index contributed by atoms with van der Waals surface area (Å²) in [6.07, 6.45) is 1.83. The summed E-state index contributed by atoms with van der Waals surface area (Å²) in [5.74, 6) is -0.409. The summed E-state index contributed by atoms with van der Waals surface area (Å²) in [6.45, 7) is 8.70. The Bertz CT molecular complexity index is 2300. The van der Waals surface area contributed by atoms with E-state index in [1.807, 2.05) is 18.2 Å². The molecule has 1 aliphatic heterocycles. The average Bonchev–Trinajstić information content (AvgIpc) is 3.69. The van der Waals surface area contributed by atoms with Crippen molar-refractivity contribution < 1.29 is 9.59 Å². The van der Waals surface area contributed by atoms with Crippen molar-refractivity contribution in [2.24, 2.45) is 0 Å². The van der Waals surface area contributed by atoms with Crippen LogP contribution in [0.1, 0.15) is 70.1 Å². The molecule has 47 heavy (non-hydrogen) atoms. The zero-order valence-corrected chi connectivity index (χ0v) is 27.5. The van der Waals surface area contributed by atoms with E-state index in [0.717, 1.165) is 21.3 Å². The Morgan fingerprint density at radius 1 is 0.574 bits per heavy atom. The predicted octanol–water partition coefficient (Wildman–Crippen LogP) is 10.6. The fraction of sp³-hybridized carbons (Fsp3) is 0.116. The Labute approximate surface area is 278 Å². The van der Waals surface area contributed by atoms with Gasteiger partial charge in [-0.1, -0.05) is 108 Å². The first-order chi connectivity index (χ1) is 22.8. The molecule has 226 valence electrons. The quantitative estimate of drug-likeness (QED) is 0.142. The third kappa shape index (κ3) is 3.68. The maximum atomic E-state index is 13.6. The van der Waals surface area contributed by atoms with Gasteiger partial charge in [-0.2, -0.15) is 0 Å². The zero-order valence-electron chi connectivity index (χ0n) is 26.6. The van der Waals surface area contributed by atoms with E-state index in [-0.39, 0.29) is 17.1 Å². The number of Topliss-reactive ketones (excluding diaryl/α,β-unsaturated/α-hetero) is 2. The zero-order chi connectivity index (χ0) is 32.2. The van der Waals surface area contributed by atoms with Gasteiger partial charge in [0.25, 0.3) is 0 Å². The summed E-state index contributed by atoms with van der Waals surface area (Å²) < 4.78 is 0.